The Hall–Kier alpha value is -13.3. The monoisotopic (exact) mass is 1950 g/mol. The highest BCUT2D eigenvalue weighted by molar-refractivity contribution is 6.29. The van der Waals surface area contributed by atoms with E-state index in [0.717, 1.165) is 69.3 Å². The lowest BCUT2D eigenvalue weighted by Crippen LogP contribution is -2.35. The van der Waals surface area contributed by atoms with Crippen LogP contribution in [0.1, 0.15) is 334 Å². The van der Waals surface area contributed by atoms with Gasteiger partial charge in [0.05, 0.1) is 38.0 Å². The molecule has 0 saturated carbocycles. The Morgan fingerprint density at radius 1 is 0.301 bits per heavy atom. The summed E-state index contributed by atoms with van der Waals surface area (Å²) < 4.78 is 5.48. The lowest BCUT2D eigenvalue weighted by atomic mass is 9.62. The van der Waals surface area contributed by atoms with Crippen LogP contribution in [0.25, 0.3) is 0 Å². The summed E-state index contributed by atoms with van der Waals surface area (Å²) in [5.74, 6) is 0.539. The van der Waals surface area contributed by atoms with E-state index in [1.165, 1.54) is 116 Å². The van der Waals surface area contributed by atoms with E-state index in [1.807, 2.05) is 147 Å². The summed E-state index contributed by atoms with van der Waals surface area (Å²) in [7, 11) is 0. The van der Waals surface area contributed by atoms with Crippen molar-refractivity contribution >= 4 is 59.1 Å². The maximum Gasteiger partial charge on any atom is 0.290 e. The van der Waals surface area contributed by atoms with Crippen molar-refractivity contribution in [3.8, 4) is 0 Å². The van der Waals surface area contributed by atoms with Gasteiger partial charge in [0.25, 0.3) is 17.7 Å². The molecule has 0 bridgehead atoms. The maximum atomic E-state index is 13.7. The fourth-order valence-corrected chi connectivity index (χ4v) is 20.2. The van der Waals surface area contributed by atoms with Gasteiger partial charge < -0.3 is 69.9 Å². The molecule has 0 saturated heterocycles. The van der Waals surface area contributed by atoms with Crippen LogP contribution in [0.15, 0.2) is 237 Å². The molecular formula is C120H154ClN17O5. The number of furan rings is 1. The van der Waals surface area contributed by atoms with Crippen molar-refractivity contribution in [3.63, 3.8) is 0 Å². The summed E-state index contributed by atoms with van der Waals surface area (Å²) >= 11 is 5.99. The van der Waals surface area contributed by atoms with E-state index in [4.69, 9.17) is 61.9 Å². The zero-order valence-electron chi connectivity index (χ0n) is 88.4. The maximum absolute atomic E-state index is 13.7. The first-order valence-corrected chi connectivity index (χ1v) is 50.5. The third kappa shape index (κ3) is 28.0. The summed E-state index contributed by atoms with van der Waals surface area (Å²) in [6.45, 7) is 53.6. The van der Waals surface area contributed by atoms with Crippen LogP contribution >= 0.6 is 11.6 Å². The van der Waals surface area contributed by atoms with Gasteiger partial charge in [0, 0.05) is 71.0 Å². The fraction of sp³-hybridized carbons (Fsp3) is 0.408. The Kier molecular flexibility index (Phi) is 34.2. The molecule has 4 amide bonds. The molecule has 0 aliphatic heterocycles. The molecule has 0 unspecified atom stereocenters. The number of hydrogen-bond acceptors (Lipinski definition) is 10. The Morgan fingerprint density at radius 3 is 0.790 bits per heavy atom. The third-order valence-electron chi connectivity index (χ3n) is 30.1. The predicted octanol–water partition coefficient (Wildman–Crippen LogP) is 22.2. The minimum atomic E-state index is -0.124. The molecule has 143 heavy (non-hydrogen) atoms. The minimum absolute atomic E-state index is 0.0295. The second-order valence-corrected chi connectivity index (χ2v) is 45.6. The standard InChI is InChI=1S/C32H40N4O.C31H38ClN5O.C30H38N4O2.C27H38N4O/c1-22-17-27-28(32(4,5)16-15-31(27,2)3)18-26(22)21-36(29(37)25-9-7-6-8-10-25)20-24-13-11-23(12-14-24)19-35-30(33)34;1-20-14-25-26(31(4,5)13-12-30(25,2)3)15-24(20)19-37(28(38)23-10-11-27(32)35-17-23)18-22-8-6-21(7-9-22)16-36-29(33)34;1-20-15-24-25(30(4,5)13-12-29(24,2)3)16-23(20)19-34(27(35)26-7-6-14-36-26)18-22-10-8-21(9-11-22)17-33-28(31)32;1-18-13-23-24(27(5,6)12-11-26(23,3)4)14-22(18)17-31(19(2)32)16-21-9-7-20(8-10-21)15-30-25(28)29/h6-14,17-18H,15-16,19-21H2,1-5H3,(H4,33,34,35);6-11,14-15,17H,12-13,16,18-19H2,1-5H3,(H4,33,34,36);6-11,14-16H,12-13,17-19H2,1-5H3,(H4,31,32,33);7-10,13-14H,11-12,15-17H2,1-6H3,(H4,28,29,30). The smallest absolute Gasteiger partial charge is 0.290 e. The minimum Gasteiger partial charge on any atom is -0.459 e. The second kappa shape index (κ2) is 45.1. The highest BCUT2D eigenvalue weighted by Crippen LogP contribution is 2.52. The van der Waals surface area contributed by atoms with Crippen LogP contribution in [-0.4, -0.2) is 72.1 Å². The van der Waals surface area contributed by atoms with Crippen molar-refractivity contribution in [1.82, 2.24) is 24.6 Å². The molecule has 2 aromatic heterocycles. The Morgan fingerprint density at radius 2 is 0.545 bits per heavy atom. The number of nitrogens with zero attached hydrogens (tertiary/aromatic N) is 9. The van der Waals surface area contributed by atoms with Gasteiger partial charge in [-0.3, -0.25) is 19.2 Å². The summed E-state index contributed by atoms with van der Waals surface area (Å²) in [5.41, 5.74) is 75.2. The molecule has 16 N–H and O–H groups in total. The van der Waals surface area contributed by atoms with Gasteiger partial charge in [-0.05, 0) is 292 Å². The number of carbonyl (C=O) groups excluding carboxylic acids is 4. The van der Waals surface area contributed by atoms with Crippen molar-refractivity contribution in [2.24, 2.45) is 65.8 Å². The zero-order valence-corrected chi connectivity index (χ0v) is 89.2. The number of nitrogens with two attached hydrogens (primary N) is 8. The van der Waals surface area contributed by atoms with Gasteiger partial charge in [-0.1, -0.05) is 286 Å². The summed E-state index contributed by atoms with van der Waals surface area (Å²) in [4.78, 5) is 81.4. The van der Waals surface area contributed by atoms with Crippen LogP contribution in [0, 0.1) is 27.7 Å². The van der Waals surface area contributed by atoms with E-state index in [2.05, 4.69) is 212 Å². The van der Waals surface area contributed by atoms with Crippen molar-refractivity contribution in [2.45, 2.75) is 319 Å². The summed E-state index contributed by atoms with van der Waals surface area (Å²) in [6.07, 6.45) is 12.4. The van der Waals surface area contributed by atoms with Crippen molar-refractivity contribution in [1.29, 1.82) is 0 Å². The van der Waals surface area contributed by atoms with Gasteiger partial charge in [0.1, 0.15) is 5.15 Å². The number of halogens is 1. The van der Waals surface area contributed by atoms with Crippen molar-refractivity contribution in [3.05, 3.63) is 368 Å². The van der Waals surface area contributed by atoms with Gasteiger partial charge in [-0.15, -0.1) is 0 Å². The highest BCUT2D eigenvalue weighted by Gasteiger charge is 2.43. The highest BCUT2D eigenvalue weighted by atomic mass is 35.5. The number of aliphatic imine (C=N–C) groups is 4. The molecule has 15 rings (SSSR count). The molecule has 23 heteroatoms. The lowest BCUT2D eigenvalue weighted by Gasteiger charge is -2.42. The van der Waals surface area contributed by atoms with E-state index in [0.29, 0.717) is 101 Å². The Bertz CT molecular complexity index is 6450. The number of aromatic nitrogens is 1. The molecule has 4 aliphatic carbocycles. The van der Waals surface area contributed by atoms with Crippen molar-refractivity contribution < 1.29 is 23.6 Å². The predicted molar refractivity (Wildman–Crippen MR) is 585 cm³/mol. The normalized spacial score (nSPS) is 15.7. The van der Waals surface area contributed by atoms with E-state index in [9.17, 15) is 19.2 Å². The first-order valence-electron chi connectivity index (χ1n) is 50.1. The quantitative estimate of drug-likeness (QED) is 0.0135. The number of hydrogen-bond donors (Lipinski definition) is 8. The lowest BCUT2D eigenvalue weighted by molar-refractivity contribution is -0.130. The summed E-state index contributed by atoms with van der Waals surface area (Å²) in [5, 5.41) is 0.361. The number of pyridine rings is 1. The SMILES string of the molecule is CC(=O)N(Cc1ccc(CN=C(N)N)cc1)Cc1cc2c(cc1C)C(C)(C)CCC2(C)C.Cc1cc2c(cc1CN(Cc1ccc(CN=C(N)N)cc1)C(=O)c1ccc(Cl)nc1)C(C)(C)CCC2(C)C.Cc1cc2c(cc1CN(Cc1ccc(CN=C(N)N)cc1)C(=O)c1ccccc1)C(C)(C)CCC2(C)C.Cc1cc2c(cc1CN(Cc1ccc(CN=C(N)N)cc1)C(=O)c1ccco1)C(C)(C)CCC2(C)C. The number of carbonyl (C=O) groups is 4. The van der Waals surface area contributed by atoms with Crippen LogP contribution in [0.2, 0.25) is 5.15 Å². The van der Waals surface area contributed by atoms with Crippen molar-refractivity contribution in [2.75, 3.05) is 0 Å². The molecular weight excluding hydrogens is 1790 g/mol. The van der Waals surface area contributed by atoms with Gasteiger partial charge in [-0.2, -0.15) is 0 Å². The first kappa shape index (κ1) is 108. The third-order valence-corrected chi connectivity index (χ3v) is 30.3. The summed E-state index contributed by atoms with van der Waals surface area (Å²) in [6, 6.07) is 67.5. The number of fused-ring (bicyclic) bond motifs is 4. The van der Waals surface area contributed by atoms with Gasteiger partial charge >= 0.3 is 0 Å². The van der Waals surface area contributed by atoms with Crippen LogP contribution in [0.5, 0.6) is 0 Å². The number of rotatable bonds is 27. The Labute approximate surface area is 854 Å². The number of benzene rings is 9. The van der Waals surface area contributed by atoms with Crippen LogP contribution < -0.4 is 45.9 Å². The molecule has 0 radical (unpaired) electrons. The molecule has 9 aromatic carbocycles. The average molecular weight is 1950 g/mol. The molecule has 22 nitrogen and oxygen atoms in total. The molecule has 0 fully saturated rings. The topological polar surface area (TPSA) is 365 Å². The molecule has 4 aliphatic rings. The van der Waals surface area contributed by atoms with Crippen LogP contribution in [0.3, 0.4) is 0 Å². The Balaban J connectivity index is 0.000000170. The van der Waals surface area contributed by atoms with Crippen LogP contribution in [0.4, 0.5) is 0 Å². The first-order chi connectivity index (χ1) is 67.2. The average Bonchev–Trinajstić information content (AvgIpc) is 0.849. The number of guanidine groups is 4. The van der Waals surface area contributed by atoms with E-state index in [-0.39, 0.29) is 90.8 Å². The van der Waals surface area contributed by atoms with E-state index >= 15 is 0 Å². The van der Waals surface area contributed by atoms with Gasteiger partial charge in [0.2, 0.25) is 5.91 Å². The largest absolute Gasteiger partial charge is 0.459 e. The number of amides is 4. The number of aryl methyl sites for hydroxylation is 4. The van der Waals surface area contributed by atoms with E-state index < -0.39 is 0 Å². The molecule has 2 heterocycles. The van der Waals surface area contributed by atoms with Gasteiger partial charge in [0.15, 0.2) is 29.6 Å². The zero-order chi connectivity index (χ0) is 104. The second-order valence-electron chi connectivity index (χ2n) is 45.2. The molecule has 756 valence electrons. The van der Waals surface area contributed by atoms with Crippen LogP contribution in [-0.2, 0) is 127 Å². The molecule has 0 atom stereocenters. The van der Waals surface area contributed by atoms with Gasteiger partial charge in [-0.25, -0.2) is 25.0 Å². The molecule has 0 spiro atoms. The van der Waals surface area contributed by atoms with E-state index in [1.54, 1.807) is 43.6 Å². The fourth-order valence-electron chi connectivity index (χ4n) is 20.1. The molecule has 11 aromatic rings.